The molecule has 20 heteroatoms. The van der Waals surface area contributed by atoms with E-state index < -0.39 is 79.9 Å². The largest absolute Gasteiger partial charge is 0.507 e. The third-order valence-corrected chi connectivity index (χ3v) is 15.0. The standard InChI is InChI=1S/C44H40ClN7O11S/c1-19-25-12-20(45)8-11-33(25)64-39(19)28-18-34(48(5)46-28)50-41(55)27-17-26-23(37(44(27,2)43(50)57)36-31(53)15-22(62-6)16-32(36)63-7)9-10-24-35(26)42(56)49(40(24)54)21-13-29(51(58)59)38(47(3)4)30(14-21)52(60)61/h8-9,11-16,18,24,26-27,35,37,53H,10,17H2,1-7H3. The zero-order chi connectivity index (χ0) is 46.0. The maximum absolute atomic E-state index is 15.4. The number of nitro groups is 2. The summed E-state index contributed by atoms with van der Waals surface area (Å²) in [5.41, 5.74) is -1.51. The van der Waals surface area contributed by atoms with Gasteiger partial charge in [-0.2, -0.15) is 5.10 Å². The molecule has 2 aliphatic heterocycles. The third-order valence-electron chi connectivity index (χ3n) is 13.5. The Morgan fingerprint density at radius 1 is 0.938 bits per heavy atom. The average molecular weight is 910 g/mol. The second kappa shape index (κ2) is 14.9. The van der Waals surface area contributed by atoms with Crippen LogP contribution in [-0.4, -0.2) is 76.7 Å². The molecule has 9 rings (SSSR count). The normalized spacial score (nSPS) is 23.9. The molecule has 2 aliphatic carbocycles. The lowest BCUT2D eigenvalue weighted by atomic mass is 9.51. The van der Waals surface area contributed by atoms with Gasteiger partial charge in [0, 0.05) is 72.7 Å². The van der Waals surface area contributed by atoms with Gasteiger partial charge in [-0.1, -0.05) is 23.3 Å². The van der Waals surface area contributed by atoms with Gasteiger partial charge in [0.25, 0.3) is 0 Å². The molecule has 4 heterocycles. The minimum Gasteiger partial charge on any atom is -0.507 e. The first-order valence-corrected chi connectivity index (χ1v) is 21.3. The number of hydrogen-bond acceptors (Lipinski definition) is 14. The molecule has 2 aromatic heterocycles. The van der Waals surface area contributed by atoms with Gasteiger partial charge in [0.05, 0.1) is 57.8 Å². The number of fused-ring (bicyclic) bond motifs is 5. The maximum atomic E-state index is 15.4. The predicted molar refractivity (Wildman–Crippen MR) is 236 cm³/mol. The van der Waals surface area contributed by atoms with Crippen molar-refractivity contribution in [2.75, 3.05) is 43.0 Å². The van der Waals surface area contributed by atoms with Crippen LogP contribution in [0.15, 0.2) is 60.2 Å². The van der Waals surface area contributed by atoms with Gasteiger partial charge in [-0.05, 0) is 61.8 Å². The number of anilines is 3. The molecule has 64 heavy (non-hydrogen) atoms. The van der Waals surface area contributed by atoms with Crippen LogP contribution in [0.25, 0.3) is 20.7 Å². The van der Waals surface area contributed by atoms with E-state index in [-0.39, 0.29) is 52.8 Å². The van der Waals surface area contributed by atoms with Crippen molar-refractivity contribution in [1.82, 2.24) is 9.78 Å². The molecule has 4 amide bonds. The highest BCUT2D eigenvalue weighted by Crippen LogP contribution is 2.66. The molecule has 1 saturated carbocycles. The molecule has 330 valence electrons. The number of rotatable bonds is 9. The van der Waals surface area contributed by atoms with Gasteiger partial charge in [-0.3, -0.25) is 44.1 Å². The number of aromatic hydroxyl groups is 1. The van der Waals surface area contributed by atoms with Crippen molar-refractivity contribution in [3.05, 3.63) is 96.6 Å². The number of nitrogens with zero attached hydrogens (tertiary/aromatic N) is 7. The lowest BCUT2D eigenvalue weighted by Crippen LogP contribution is -2.49. The molecule has 1 N–H and O–H groups in total. The van der Waals surface area contributed by atoms with E-state index in [1.54, 1.807) is 38.2 Å². The van der Waals surface area contributed by atoms with E-state index in [4.69, 9.17) is 26.2 Å². The van der Waals surface area contributed by atoms with Gasteiger partial charge in [0.1, 0.15) is 28.8 Å². The van der Waals surface area contributed by atoms with Crippen LogP contribution in [0, 0.1) is 56.2 Å². The number of ether oxygens (including phenoxy) is 2. The van der Waals surface area contributed by atoms with E-state index in [1.807, 2.05) is 19.1 Å². The number of amides is 4. The van der Waals surface area contributed by atoms with Crippen molar-refractivity contribution in [3.63, 3.8) is 0 Å². The number of carbonyl (C=O) groups excluding carboxylic acids is 4. The van der Waals surface area contributed by atoms with Crippen LogP contribution in [-0.2, 0) is 26.2 Å². The quantitative estimate of drug-likeness (QED) is 0.0665. The number of thiophene rings is 1. The number of methoxy groups -OCH3 is 2. The summed E-state index contributed by atoms with van der Waals surface area (Å²) in [7, 11) is 7.22. The Hall–Kier alpha value is -6.86. The van der Waals surface area contributed by atoms with E-state index >= 15 is 9.59 Å². The van der Waals surface area contributed by atoms with Crippen molar-refractivity contribution < 1.29 is 43.6 Å². The van der Waals surface area contributed by atoms with Gasteiger partial charge >= 0.3 is 11.4 Å². The molecule has 0 bridgehead atoms. The van der Waals surface area contributed by atoms with E-state index in [2.05, 4.69) is 0 Å². The molecule has 0 radical (unpaired) electrons. The van der Waals surface area contributed by atoms with Gasteiger partial charge in [-0.15, -0.1) is 11.3 Å². The molecule has 0 spiro atoms. The van der Waals surface area contributed by atoms with Crippen molar-refractivity contribution in [2.24, 2.45) is 36.1 Å². The highest BCUT2D eigenvalue weighted by Gasteiger charge is 2.69. The second-order valence-electron chi connectivity index (χ2n) is 16.9. The van der Waals surface area contributed by atoms with Crippen LogP contribution >= 0.6 is 22.9 Å². The van der Waals surface area contributed by atoms with Crippen LogP contribution in [0.5, 0.6) is 17.2 Å². The van der Waals surface area contributed by atoms with Crippen molar-refractivity contribution >= 4 is 85.2 Å². The molecule has 6 atom stereocenters. The Morgan fingerprint density at radius 2 is 1.62 bits per heavy atom. The fourth-order valence-corrected chi connectivity index (χ4v) is 11.9. The van der Waals surface area contributed by atoms with Gasteiger partial charge < -0.3 is 19.5 Å². The topological polar surface area (TPSA) is 221 Å². The number of nitro benzene ring substituents is 2. The number of benzene rings is 3. The number of allylic oxidation sites excluding steroid dienone is 2. The van der Waals surface area contributed by atoms with Gasteiger partial charge in [-0.25, -0.2) is 9.80 Å². The zero-order valence-electron chi connectivity index (χ0n) is 35.4. The summed E-state index contributed by atoms with van der Waals surface area (Å²) >= 11 is 7.81. The Bertz CT molecular complexity index is 2940. The summed E-state index contributed by atoms with van der Waals surface area (Å²) in [6.45, 7) is 3.60. The Balaban J connectivity index is 1.18. The number of phenols is 1. The Kier molecular flexibility index (Phi) is 9.86. The summed E-state index contributed by atoms with van der Waals surface area (Å²) < 4.78 is 13.7. The number of imide groups is 2. The first-order valence-electron chi connectivity index (χ1n) is 20.1. The van der Waals surface area contributed by atoms with Gasteiger partial charge in [0.15, 0.2) is 5.69 Å². The SMILES string of the molecule is COc1cc(O)c(C2C3=CCC4C(=O)N(c5cc([N+](=O)[O-])c(N(C)C)c([N+](=O)[O-])c5)C(=O)C4C3CC3C(=O)N(c4cc(-c5sc6ccc(Cl)cc6c5C)nn4C)C(=O)C32C)c(OC)c1. The lowest BCUT2D eigenvalue weighted by Gasteiger charge is -2.49. The van der Waals surface area contributed by atoms with Crippen LogP contribution in [0.2, 0.25) is 5.02 Å². The molecule has 18 nitrogen and oxygen atoms in total. The van der Waals surface area contributed by atoms with Crippen molar-refractivity contribution in [2.45, 2.75) is 32.6 Å². The molecule has 3 fully saturated rings. The molecule has 3 aromatic carbocycles. The third kappa shape index (κ3) is 5.93. The van der Waals surface area contributed by atoms with E-state index in [9.17, 15) is 34.9 Å². The number of hydrogen-bond donors (Lipinski definition) is 1. The summed E-state index contributed by atoms with van der Waals surface area (Å²) in [6.07, 6.45) is 1.66. The average Bonchev–Trinajstić information content (AvgIpc) is 3.92. The monoisotopic (exact) mass is 909 g/mol. The highest BCUT2D eigenvalue weighted by atomic mass is 35.5. The maximum Gasteiger partial charge on any atom is 0.301 e. The second-order valence-corrected chi connectivity index (χ2v) is 18.4. The predicted octanol–water partition coefficient (Wildman–Crippen LogP) is 7.30. The summed E-state index contributed by atoms with van der Waals surface area (Å²) in [5.74, 6) is -7.66. The van der Waals surface area contributed by atoms with E-state index in [0.717, 1.165) is 42.5 Å². The minimum absolute atomic E-state index is 0.0231. The fraction of sp³-hybridized carbons (Fsp3) is 0.341. The first-order chi connectivity index (χ1) is 30.3. The molecule has 6 unspecified atom stereocenters. The van der Waals surface area contributed by atoms with Crippen LogP contribution in [0.3, 0.4) is 0 Å². The zero-order valence-corrected chi connectivity index (χ0v) is 37.0. The molecular formula is C44H40ClN7O11S. The molecule has 2 saturated heterocycles. The number of halogens is 1. The van der Waals surface area contributed by atoms with E-state index in [1.165, 1.54) is 55.3 Å². The first kappa shape index (κ1) is 42.4. The smallest absolute Gasteiger partial charge is 0.301 e. The summed E-state index contributed by atoms with van der Waals surface area (Å²) in [4.78, 5) is 86.6. The molecule has 4 aliphatic rings. The molecule has 5 aromatic rings. The Morgan fingerprint density at radius 3 is 2.25 bits per heavy atom. The molecular weight excluding hydrogens is 870 g/mol. The van der Waals surface area contributed by atoms with Crippen LogP contribution in [0.1, 0.15) is 36.8 Å². The van der Waals surface area contributed by atoms with E-state index in [0.29, 0.717) is 16.3 Å². The number of aromatic nitrogens is 2. The van der Waals surface area contributed by atoms with Crippen LogP contribution in [0.4, 0.5) is 28.6 Å². The number of phenolic OH excluding ortho intramolecular Hbond substituents is 1. The fourth-order valence-electron chi connectivity index (χ4n) is 10.6. The number of carbonyl (C=O) groups is 4. The Labute approximate surface area is 373 Å². The summed E-state index contributed by atoms with van der Waals surface area (Å²) in [6, 6.07) is 12.1. The van der Waals surface area contributed by atoms with Crippen molar-refractivity contribution in [1.29, 1.82) is 0 Å². The number of aryl methyl sites for hydroxylation is 2. The summed E-state index contributed by atoms with van der Waals surface area (Å²) in [5, 5.41) is 42.7. The lowest BCUT2D eigenvalue weighted by molar-refractivity contribution is -0.392. The van der Waals surface area contributed by atoms with Crippen LogP contribution < -0.4 is 24.2 Å². The van der Waals surface area contributed by atoms with Crippen molar-refractivity contribution in [3.8, 4) is 27.8 Å². The minimum atomic E-state index is -1.60. The van der Waals surface area contributed by atoms with Gasteiger partial charge in [0.2, 0.25) is 23.6 Å². The highest BCUT2D eigenvalue weighted by molar-refractivity contribution is 7.22.